The van der Waals surface area contributed by atoms with Gasteiger partial charge in [0.1, 0.15) is 6.10 Å². The van der Waals surface area contributed by atoms with Crippen molar-refractivity contribution in [3.05, 3.63) is 48.0 Å². The highest BCUT2D eigenvalue weighted by Crippen LogP contribution is 2.50. The van der Waals surface area contributed by atoms with E-state index in [2.05, 4.69) is 58.2 Å². The van der Waals surface area contributed by atoms with Crippen molar-refractivity contribution >= 4 is 14.2 Å². The van der Waals surface area contributed by atoms with Crippen LogP contribution < -0.4 is 0 Å². The van der Waals surface area contributed by atoms with Crippen LogP contribution in [0.25, 0.3) is 0 Å². The summed E-state index contributed by atoms with van der Waals surface area (Å²) in [5.41, 5.74) is 1.59. The molecule has 1 aliphatic carbocycles. The molecule has 3 atom stereocenters. The fraction of sp³-hybridized carbons (Fsp3) is 0.550. The Morgan fingerprint density at radius 3 is 2.50 bits per heavy atom. The number of carbonyl (C=O) groups is 1. The number of amides is 1. The number of carbonyl (C=O) groups excluding carboxylic acids is 1. The van der Waals surface area contributed by atoms with Crippen LogP contribution in [0.15, 0.2) is 42.5 Å². The molecule has 0 aromatic heterocycles. The second-order valence-corrected chi connectivity index (χ2v) is 14.3. The quantitative estimate of drug-likeness (QED) is 0.556. The summed E-state index contributed by atoms with van der Waals surface area (Å²) in [6.45, 7) is 12.6. The van der Waals surface area contributed by atoms with E-state index in [0.29, 0.717) is 12.1 Å². The van der Waals surface area contributed by atoms with Gasteiger partial charge in [0.2, 0.25) is 0 Å². The standard InChI is InChI=1S/C20H29NO2Si/c1-20(2,3)24(4,5)17-13-9-12-16-18(17)21(19(22)23-16)14-15-10-7-6-8-11-15/h6-11,13,16-18H,12,14H2,1-5H3/t16-,17-,18-/m0/s1. The molecule has 2 aliphatic rings. The zero-order chi connectivity index (χ0) is 17.5. The summed E-state index contributed by atoms with van der Waals surface area (Å²) < 4.78 is 5.75. The van der Waals surface area contributed by atoms with Gasteiger partial charge in [0.05, 0.1) is 14.1 Å². The zero-order valence-corrected chi connectivity index (χ0v) is 16.5. The Labute approximate surface area is 146 Å². The first kappa shape index (κ1) is 17.3. The SMILES string of the molecule is CC(C)(C)[Si](C)(C)[C@H]1C=CC[C@@H]2OC(=O)N(Cc3ccccc3)[C@@H]21. The first-order valence-corrected chi connectivity index (χ1v) is 12.0. The van der Waals surface area contributed by atoms with Gasteiger partial charge in [0.25, 0.3) is 0 Å². The molecule has 3 nitrogen and oxygen atoms in total. The van der Waals surface area contributed by atoms with E-state index in [1.165, 1.54) is 5.56 Å². The van der Waals surface area contributed by atoms with Gasteiger partial charge >= 0.3 is 6.09 Å². The molecule has 1 aromatic rings. The maximum atomic E-state index is 12.6. The summed E-state index contributed by atoms with van der Waals surface area (Å²) in [4.78, 5) is 14.5. The van der Waals surface area contributed by atoms with Gasteiger partial charge in [-0.15, -0.1) is 0 Å². The molecular formula is C20H29NO2Si. The number of ether oxygens (including phenoxy) is 1. The molecule has 1 aliphatic heterocycles. The molecule has 1 saturated heterocycles. The van der Waals surface area contributed by atoms with Gasteiger partial charge in [0, 0.05) is 13.0 Å². The van der Waals surface area contributed by atoms with Crippen molar-refractivity contribution in [2.45, 2.75) is 69.6 Å². The van der Waals surface area contributed by atoms with Gasteiger partial charge in [-0.25, -0.2) is 4.79 Å². The Hall–Kier alpha value is -1.55. The van der Waals surface area contributed by atoms with E-state index in [4.69, 9.17) is 4.74 Å². The van der Waals surface area contributed by atoms with Crippen molar-refractivity contribution in [1.82, 2.24) is 4.90 Å². The summed E-state index contributed by atoms with van der Waals surface area (Å²) in [6, 6.07) is 10.4. The topological polar surface area (TPSA) is 29.5 Å². The van der Waals surface area contributed by atoms with Crippen molar-refractivity contribution in [3.63, 3.8) is 0 Å². The van der Waals surface area contributed by atoms with E-state index in [-0.39, 0.29) is 23.3 Å². The molecular weight excluding hydrogens is 314 g/mol. The van der Waals surface area contributed by atoms with Crippen molar-refractivity contribution in [2.24, 2.45) is 0 Å². The van der Waals surface area contributed by atoms with E-state index in [0.717, 1.165) is 6.42 Å². The van der Waals surface area contributed by atoms with Crippen LogP contribution in [0.3, 0.4) is 0 Å². The first-order chi connectivity index (χ1) is 11.2. The first-order valence-electron chi connectivity index (χ1n) is 8.89. The lowest BCUT2D eigenvalue weighted by Gasteiger charge is -2.47. The van der Waals surface area contributed by atoms with Crippen molar-refractivity contribution in [3.8, 4) is 0 Å². The minimum Gasteiger partial charge on any atom is -0.444 e. The van der Waals surface area contributed by atoms with Crippen LogP contribution in [0.2, 0.25) is 23.7 Å². The Morgan fingerprint density at radius 2 is 1.88 bits per heavy atom. The summed E-state index contributed by atoms with van der Waals surface area (Å²) in [5.74, 6) is 0. The fourth-order valence-corrected chi connectivity index (χ4v) is 6.66. The number of fused-ring (bicyclic) bond motifs is 1. The predicted octanol–water partition coefficient (Wildman–Crippen LogP) is 5.21. The molecule has 3 rings (SSSR count). The van der Waals surface area contributed by atoms with Crippen LogP contribution in [-0.2, 0) is 11.3 Å². The highest BCUT2D eigenvalue weighted by atomic mass is 28.3. The van der Waals surface area contributed by atoms with Gasteiger partial charge in [0.15, 0.2) is 0 Å². The van der Waals surface area contributed by atoms with Gasteiger partial charge in [-0.2, -0.15) is 0 Å². The van der Waals surface area contributed by atoms with Crippen LogP contribution in [0, 0.1) is 0 Å². The number of nitrogens with zero attached hydrogens (tertiary/aromatic N) is 1. The molecule has 0 bridgehead atoms. The summed E-state index contributed by atoms with van der Waals surface area (Å²) in [6.07, 6.45) is 5.29. The number of hydrogen-bond donors (Lipinski definition) is 0. The normalized spacial score (nSPS) is 27.1. The van der Waals surface area contributed by atoms with Crippen molar-refractivity contribution in [2.75, 3.05) is 0 Å². The number of benzene rings is 1. The summed E-state index contributed by atoms with van der Waals surface area (Å²) in [5, 5.41) is 0.272. The molecule has 1 amide bonds. The predicted molar refractivity (Wildman–Crippen MR) is 101 cm³/mol. The van der Waals surface area contributed by atoms with Crippen LogP contribution >= 0.6 is 0 Å². The molecule has 1 heterocycles. The van der Waals surface area contributed by atoms with E-state index >= 15 is 0 Å². The third-order valence-electron chi connectivity index (χ3n) is 6.27. The molecule has 1 aromatic carbocycles. The maximum absolute atomic E-state index is 12.6. The molecule has 4 heteroatoms. The Bertz CT molecular complexity index is 633. The Morgan fingerprint density at radius 1 is 1.21 bits per heavy atom. The molecule has 1 fully saturated rings. The number of rotatable bonds is 3. The Kier molecular flexibility index (Phi) is 4.37. The fourth-order valence-electron chi connectivity index (χ4n) is 3.79. The molecule has 0 spiro atoms. The van der Waals surface area contributed by atoms with Crippen LogP contribution in [-0.4, -0.2) is 31.2 Å². The molecule has 24 heavy (non-hydrogen) atoms. The van der Waals surface area contributed by atoms with E-state index in [9.17, 15) is 4.79 Å². The lowest BCUT2D eigenvalue weighted by molar-refractivity contribution is 0.129. The highest BCUT2D eigenvalue weighted by Gasteiger charge is 2.54. The maximum Gasteiger partial charge on any atom is 0.410 e. The zero-order valence-electron chi connectivity index (χ0n) is 15.5. The van der Waals surface area contributed by atoms with Crippen molar-refractivity contribution < 1.29 is 9.53 Å². The number of hydrogen-bond acceptors (Lipinski definition) is 2. The second-order valence-electron chi connectivity index (χ2n) is 8.69. The van der Waals surface area contributed by atoms with Gasteiger partial charge in [-0.05, 0) is 16.1 Å². The lowest BCUT2D eigenvalue weighted by atomic mass is 9.97. The second kappa shape index (κ2) is 6.07. The van der Waals surface area contributed by atoms with E-state index in [1.807, 2.05) is 23.1 Å². The van der Waals surface area contributed by atoms with Gasteiger partial charge < -0.3 is 4.74 Å². The monoisotopic (exact) mass is 343 g/mol. The third kappa shape index (κ3) is 2.92. The van der Waals surface area contributed by atoms with Crippen LogP contribution in [0.1, 0.15) is 32.8 Å². The van der Waals surface area contributed by atoms with Crippen LogP contribution in [0.5, 0.6) is 0 Å². The molecule has 0 unspecified atom stereocenters. The average molecular weight is 344 g/mol. The molecule has 0 saturated carbocycles. The van der Waals surface area contributed by atoms with E-state index < -0.39 is 8.07 Å². The summed E-state index contributed by atoms with van der Waals surface area (Å²) in [7, 11) is -1.64. The Balaban J connectivity index is 1.93. The van der Waals surface area contributed by atoms with Crippen LogP contribution in [0.4, 0.5) is 4.79 Å². The minimum atomic E-state index is -1.64. The van der Waals surface area contributed by atoms with Gasteiger partial charge in [-0.1, -0.05) is 76.3 Å². The summed E-state index contributed by atoms with van der Waals surface area (Å²) >= 11 is 0. The molecule has 0 N–H and O–H groups in total. The smallest absolute Gasteiger partial charge is 0.410 e. The lowest BCUT2D eigenvalue weighted by Crippen LogP contribution is -2.53. The van der Waals surface area contributed by atoms with Gasteiger partial charge in [-0.3, -0.25) is 4.90 Å². The highest BCUT2D eigenvalue weighted by molar-refractivity contribution is 6.82. The largest absolute Gasteiger partial charge is 0.444 e. The average Bonchev–Trinajstić information content (AvgIpc) is 2.83. The minimum absolute atomic E-state index is 0.00494. The molecule has 130 valence electrons. The molecule has 0 radical (unpaired) electrons. The van der Waals surface area contributed by atoms with Crippen molar-refractivity contribution in [1.29, 1.82) is 0 Å². The third-order valence-corrected chi connectivity index (χ3v) is 12.3. The van der Waals surface area contributed by atoms with E-state index in [1.54, 1.807) is 0 Å².